The molecule has 0 saturated carbocycles. The van der Waals surface area contributed by atoms with E-state index in [0.29, 0.717) is 12.8 Å². The average Bonchev–Trinajstić information content (AvgIpc) is 2.14. The Kier molecular flexibility index (Phi) is 8.08. The van der Waals surface area contributed by atoms with Crippen molar-refractivity contribution in [3.8, 4) is 0 Å². The molecule has 0 bridgehead atoms. The number of thioether (sulfide) groups is 1. The first-order chi connectivity index (χ1) is 6.55. The molecule has 0 unspecified atom stereocenters. The van der Waals surface area contributed by atoms with E-state index in [9.17, 15) is 13.0 Å². The standard InChI is InChI=1S/C7H15NO4S2.Na/c9-4-3-8(14(10,11)12)7-1-5-13-6-2-7;/h7,9H,1-6H2,(H,10,11,12);/q;+1/p-1. The molecule has 0 aromatic heterocycles. The minimum absolute atomic E-state index is 0. The van der Waals surface area contributed by atoms with Crippen LogP contribution in [0.4, 0.5) is 0 Å². The monoisotopic (exact) mass is 263 g/mol. The number of hydrogen-bond acceptors (Lipinski definition) is 5. The number of rotatable bonds is 4. The van der Waals surface area contributed by atoms with Crippen molar-refractivity contribution < 1.29 is 47.6 Å². The molecule has 8 heteroatoms. The normalized spacial score (nSPS) is 18.9. The van der Waals surface area contributed by atoms with Gasteiger partial charge in [-0.1, -0.05) is 0 Å². The van der Waals surface area contributed by atoms with Crippen LogP contribution in [-0.4, -0.2) is 53.1 Å². The Hall–Kier alpha value is 1.18. The largest absolute Gasteiger partial charge is 1.00 e. The number of nitrogens with zero attached hydrogens (tertiary/aromatic N) is 1. The molecule has 1 heterocycles. The van der Waals surface area contributed by atoms with Crippen molar-refractivity contribution in [1.29, 1.82) is 0 Å². The second kappa shape index (κ2) is 7.50. The fourth-order valence-corrected chi connectivity index (χ4v) is 3.51. The second-order valence-electron chi connectivity index (χ2n) is 3.14. The third-order valence-electron chi connectivity index (χ3n) is 2.21. The van der Waals surface area contributed by atoms with Crippen LogP contribution < -0.4 is 29.6 Å². The Morgan fingerprint density at radius 2 is 1.93 bits per heavy atom. The molecule has 0 amide bonds. The number of aliphatic hydroxyl groups is 1. The summed E-state index contributed by atoms with van der Waals surface area (Å²) in [4.78, 5) is 0. The molecule has 1 saturated heterocycles. The smallest absolute Gasteiger partial charge is 0.735 e. The summed E-state index contributed by atoms with van der Waals surface area (Å²) in [5.41, 5.74) is 0. The summed E-state index contributed by atoms with van der Waals surface area (Å²) < 4.78 is 33.5. The van der Waals surface area contributed by atoms with Gasteiger partial charge in [0.25, 0.3) is 0 Å². The molecule has 84 valence electrons. The van der Waals surface area contributed by atoms with Crippen LogP contribution in [0.2, 0.25) is 0 Å². The SMILES string of the molecule is O=S(=O)([O-])N(CCO)C1CCSCC1.[Na+]. The van der Waals surface area contributed by atoms with Gasteiger partial charge >= 0.3 is 29.6 Å². The fourth-order valence-electron chi connectivity index (χ4n) is 1.55. The zero-order chi connectivity index (χ0) is 10.6. The van der Waals surface area contributed by atoms with Gasteiger partial charge in [-0.3, -0.25) is 0 Å². The van der Waals surface area contributed by atoms with Crippen molar-refractivity contribution >= 4 is 22.1 Å². The van der Waals surface area contributed by atoms with Crippen LogP contribution in [0.5, 0.6) is 0 Å². The van der Waals surface area contributed by atoms with Crippen LogP contribution >= 0.6 is 11.8 Å². The molecular weight excluding hydrogens is 249 g/mol. The van der Waals surface area contributed by atoms with Gasteiger partial charge in [0.1, 0.15) is 0 Å². The van der Waals surface area contributed by atoms with E-state index in [2.05, 4.69) is 0 Å². The van der Waals surface area contributed by atoms with E-state index in [1.54, 1.807) is 11.8 Å². The minimum Gasteiger partial charge on any atom is -0.735 e. The summed E-state index contributed by atoms with van der Waals surface area (Å²) in [6.45, 7) is -0.383. The van der Waals surface area contributed by atoms with Crippen molar-refractivity contribution in [3.63, 3.8) is 0 Å². The Morgan fingerprint density at radius 1 is 1.40 bits per heavy atom. The zero-order valence-electron chi connectivity index (χ0n) is 8.76. The first kappa shape index (κ1) is 16.2. The summed E-state index contributed by atoms with van der Waals surface area (Å²) in [6.07, 6.45) is 1.40. The van der Waals surface area contributed by atoms with Gasteiger partial charge < -0.3 is 9.66 Å². The number of aliphatic hydroxyl groups excluding tert-OH is 1. The predicted octanol–water partition coefficient (Wildman–Crippen LogP) is -3.36. The molecule has 0 aromatic carbocycles. The molecule has 0 aliphatic carbocycles. The van der Waals surface area contributed by atoms with E-state index >= 15 is 0 Å². The van der Waals surface area contributed by atoms with Crippen LogP contribution in [0.25, 0.3) is 0 Å². The van der Waals surface area contributed by atoms with E-state index in [4.69, 9.17) is 5.11 Å². The van der Waals surface area contributed by atoms with Gasteiger partial charge in [-0.05, 0) is 24.3 Å². The fraction of sp³-hybridized carbons (Fsp3) is 1.00. The van der Waals surface area contributed by atoms with Gasteiger partial charge in [0.15, 0.2) is 10.3 Å². The summed E-state index contributed by atoms with van der Waals surface area (Å²) in [5.74, 6) is 1.75. The minimum atomic E-state index is -4.41. The average molecular weight is 263 g/mol. The van der Waals surface area contributed by atoms with E-state index in [0.717, 1.165) is 15.8 Å². The third-order valence-corrected chi connectivity index (χ3v) is 4.31. The Balaban J connectivity index is 0.00000196. The molecule has 5 nitrogen and oxygen atoms in total. The molecule has 0 atom stereocenters. The van der Waals surface area contributed by atoms with E-state index in [-0.39, 0.29) is 48.8 Å². The molecule has 1 N–H and O–H groups in total. The van der Waals surface area contributed by atoms with Crippen molar-refractivity contribution in [1.82, 2.24) is 4.31 Å². The Bertz CT molecular complexity index is 266. The maximum absolute atomic E-state index is 10.9. The summed E-state index contributed by atoms with van der Waals surface area (Å²) in [5, 5.41) is 8.68. The van der Waals surface area contributed by atoms with Gasteiger partial charge in [-0.15, -0.1) is 0 Å². The summed E-state index contributed by atoms with van der Waals surface area (Å²) in [6, 6.07) is -0.217. The molecule has 1 rings (SSSR count). The molecule has 0 radical (unpaired) electrons. The number of hydrogen-bond donors (Lipinski definition) is 1. The van der Waals surface area contributed by atoms with Gasteiger partial charge in [0.2, 0.25) is 0 Å². The molecule has 0 aromatic rings. The van der Waals surface area contributed by atoms with E-state index < -0.39 is 10.3 Å². The van der Waals surface area contributed by atoms with E-state index in [1.165, 1.54) is 0 Å². The molecule has 1 aliphatic heterocycles. The first-order valence-corrected chi connectivity index (χ1v) is 6.99. The third kappa shape index (κ3) is 5.36. The van der Waals surface area contributed by atoms with Crippen molar-refractivity contribution in [2.45, 2.75) is 18.9 Å². The van der Waals surface area contributed by atoms with Crippen LogP contribution in [0.15, 0.2) is 0 Å². The van der Waals surface area contributed by atoms with Gasteiger partial charge in [-0.25, -0.2) is 12.7 Å². The van der Waals surface area contributed by atoms with Crippen LogP contribution in [0.3, 0.4) is 0 Å². The maximum atomic E-state index is 10.9. The first-order valence-electron chi connectivity index (χ1n) is 4.47. The second-order valence-corrected chi connectivity index (χ2v) is 5.68. The van der Waals surface area contributed by atoms with Crippen molar-refractivity contribution in [2.24, 2.45) is 0 Å². The Morgan fingerprint density at radius 3 is 2.33 bits per heavy atom. The predicted molar refractivity (Wildman–Crippen MR) is 53.8 cm³/mol. The molecular formula is C7H14NNaO4S2. The van der Waals surface area contributed by atoms with Gasteiger partial charge in [-0.2, -0.15) is 11.8 Å². The quantitative estimate of drug-likeness (QED) is 0.423. The Labute approximate surface area is 117 Å². The maximum Gasteiger partial charge on any atom is 1.00 e. The van der Waals surface area contributed by atoms with Crippen LogP contribution in [0.1, 0.15) is 12.8 Å². The molecule has 1 fully saturated rings. The van der Waals surface area contributed by atoms with Crippen molar-refractivity contribution in [3.05, 3.63) is 0 Å². The molecule has 0 spiro atoms. The van der Waals surface area contributed by atoms with E-state index in [1.807, 2.05) is 0 Å². The van der Waals surface area contributed by atoms with Gasteiger partial charge in [0.05, 0.1) is 6.61 Å². The topological polar surface area (TPSA) is 80.7 Å². The molecule has 1 aliphatic rings. The summed E-state index contributed by atoms with van der Waals surface area (Å²) >= 11 is 1.76. The zero-order valence-corrected chi connectivity index (χ0v) is 12.4. The van der Waals surface area contributed by atoms with Crippen molar-refractivity contribution in [2.75, 3.05) is 24.7 Å². The van der Waals surface area contributed by atoms with Gasteiger partial charge in [0, 0.05) is 12.6 Å². The van der Waals surface area contributed by atoms with Crippen LogP contribution in [0, 0.1) is 0 Å². The van der Waals surface area contributed by atoms with Crippen LogP contribution in [-0.2, 0) is 10.3 Å². The molecule has 15 heavy (non-hydrogen) atoms. The summed E-state index contributed by atoms with van der Waals surface area (Å²) in [7, 11) is -4.41.